The second kappa shape index (κ2) is 5.55. The van der Waals surface area contributed by atoms with E-state index in [4.69, 9.17) is 4.74 Å². The molecule has 4 nitrogen and oxygen atoms in total. The Kier molecular flexibility index (Phi) is 3.62. The number of rotatable bonds is 4. The maximum atomic E-state index is 5.09. The maximum absolute atomic E-state index is 5.09. The molecular weight excluding hydrogens is 238 g/mol. The molecule has 0 unspecified atom stereocenters. The van der Waals surface area contributed by atoms with Gasteiger partial charge in [-0.25, -0.2) is 4.98 Å². The molecule has 0 aliphatic carbocycles. The van der Waals surface area contributed by atoms with E-state index in [9.17, 15) is 0 Å². The standard InChI is InChI=1S/C15H19N3O/c1-19-9-6-12-2-4-13(5-3-12)14-11-18-8-7-16-10-15(18)17-14/h2-5,11,16H,6-10H2,1H3. The lowest BCUT2D eigenvalue weighted by atomic mass is 10.1. The van der Waals surface area contributed by atoms with Crippen molar-refractivity contribution in [2.24, 2.45) is 0 Å². The number of hydrogen-bond acceptors (Lipinski definition) is 3. The van der Waals surface area contributed by atoms with Crippen LogP contribution in [0, 0.1) is 0 Å². The number of imidazole rings is 1. The molecule has 1 aliphatic rings. The molecule has 1 aliphatic heterocycles. The fraction of sp³-hybridized carbons (Fsp3) is 0.400. The third-order valence-corrected chi connectivity index (χ3v) is 3.52. The molecule has 2 heterocycles. The van der Waals surface area contributed by atoms with Crippen LogP contribution in [0.3, 0.4) is 0 Å². The van der Waals surface area contributed by atoms with Gasteiger partial charge in [-0.2, -0.15) is 0 Å². The average Bonchev–Trinajstić information content (AvgIpc) is 2.89. The van der Waals surface area contributed by atoms with Crippen molar-refractivity contribution in [3.63, 3.8) is 0 Å². The summed E-state index contributed by atoms with van der Waals surface area (Å²) in [7, 11) is 1.73. The summed E-state index contributed by atoms with van der Waals surface area (Å²) in [6, 6.07) is 8.61. The zero-order valence-corrected chi connectivity index (χ0v) is 11.2. The molecule has 0 amide bonds. The van der Waals surface area contributed by atoms with Crippen LogP contribution in [0.4, 0.5) is 0 Å². The molecule has 0 bridgehead atoms. The van der Waals surface area contributed by atoms with Crippen molar-refractivity contribution in [2.45, 2.75) is 19.5 Å². The molecule has 1 N–H and O–H groups in total. The number of nitrogens with one attached hydrogen (secondary N) is 1. The van der Waals surface area contributed by atoms with Crippen LogP contribution in [0.25, 0.3) is 11.3 Å². The number of ether oxygens (including phenoxy) is 1. The van der Waals surface area contributed by atoms with Crippen LogP contribution in [0.15, 0.2) is 30.5 Å². The molecule has 0 saturated heterocycles. The Morgan fingerprint density at radius 2 is 2.16 bits per heavy atom. The summed E-state index contributed by atoms with van der Waals surface area (Å²) >= 11 is 0. The fourth-order valence-corrected chi connectivity index (χ4v) is 2.39. The van der Waals surface area contributed by atoms with Crippen molar-refractivity contribution in [3.05, 3.63) is 41.9 Å². The Bertz CT molecular complexity index is 522. The van der Waals surface area contributed by atoms with Gasteiger partial charge in [0.1, 0.15) is 5.82 Å². The molecule has 100 valence electrons. The number of methoxy groups -OCH3 is 1. The highest BCUT2D eigenvalue weighted by atomic mass is 16.5. The van der Waals surface area contributed by atoms with Gasteiger partial charge in [0.2, 0.25) is 0 Å². The van der Waals surface area contributed by atoms with Gasteiger partial charge < -0.3 is 14.6 Å². The zero-order valence-electron chi connectivity index (χ0n) is 11.2. The number of nitrogens with zero attached hydrogens (tertiary/aromatic N) is 2. The number of benzene rings is 1. The van der Waals surface area contributed by atoms with Crippen molar-refractivity contribution >= 4 is 0 Å². The van der Waals surface area contributed by atoms with Gasteiger partial charge in [-0.15, -0.1) is 0 Å². The molecule has 1 aromatic heterocycles. The summed E-state index contributed by atoms with van der Waals surface area (Å²) in [6.45, 7) is 3.67. The van der Waals surface area contributed by atoms with Gasteiger partial charge in [0.15, 0.2) is 0 Å². The zero-order chi connectivity index (χ0) is 13.1. The number of fused-ring (bicyclic) bond motifs is 1. The van der Waals surface area contributed by atoms with Crippen molar-refractivity contribution < 1.29 is 4.74 Å². The van der Waals surface area contributed by atoms with Crippen LogP contribution in [0.2, 0.25) is 0 Å². The lowest BCUT2D eigenvalue weighted by molar-refractivity contribution is 0.202. The Morgan fingerprint density at radius 3 is 2.89 bits per heavy atom. The minimum Gasteiger partial charge on any atom is -0.384 e. The van der Waals surface area contributed by atoms with Gasteiger partial charge in [-0.05, 0) is 12.0 Å². The summed E-state index contributed by atoms with van der Waals surface area (Å²) in [5, 5.41) is 3.34. The highest BCUT2D eigenvalue weighted by Crippen LogP contribution is 2.20. The molecular formula is C15H19N3O. The third-order valence-electron chi connectivity index (χ3n) is 3.52. The van der Waals surface area contributed by atoms with E-state index in [0.717, 1.165) is 44.2 Å². The lowest BCUT2D eigenvalue weighted by Crippen LogP contribution is -2.27. The normalized spacial score (nSPS) is 14.4. The van der Waals surface area contributed by atoms with E-state index in [1.165, 1.54) is 11.1 Å². The summed E-state index contributed by atoms with van der Waals surface area (Å²) in [5.41, 5.74) is 3.55. The van der Waals surface area contributed by atoms with Gasteiger partial charge >= 0.3 is 0 Å². The molecule has 0 radical (unpaired) electrons. The maximum Gasteiger partial charge on any atom is 0.123 e. The first kappa shape index (κ1) is 12.4. The van der Waals surface area contributed by atoms with Crippen LogP contribution in [-0.2, 0) is 24.2 Å². The first-order valence-corrected chi connectivity index (χ1v) is 6.72. The van der Waals surface area contributed by atoms with Gasteiger partial charge in [0.25, 0.3) is 0 Å². The van der Waals surface area contributed by atoms with E-state index < -0.39 is 0 Å². The van der Waals surface area contributed by atoms with Crippen LogP contribution < -0.4 is 5.32 Å². The van der Waals surface area contributed by atoms with Crippen molar-refractivity contribution in [1.82, 2.24) is 14.9 Å². The van der Waals surface area contributed by atoms with Gasteiger partial charge in [0.05, 0.1) is 18.8 Å². The lowest BCUT2D eigenvalue weighted by Gasteiger charge is -2.13. The molecule has 19 heavy (non-hydrogen) atoms. The van der Waals surface area contributed by atoms with Crippen LogP contribution in [0.1, 0.15) is 11.4 Å². The van der Waals surface area contributed by atoms with E-state index in [1.807, 2.05) is 0 Å². The first-order valence-electron chi connectivity index (χ1n) is 6.72. The Labute approximate surface area is 113 Å². The monoisotopic (exact) mass is 257 g/mol. The molecule has 1 aromatic carbocycles. The van der Waals surface area contributed by atoms with Gasteiger partial charge in [-0.3, -0.25) is 0 Å². The quantitative estimate of drug-likeness (QED) is 0.908. The molecule has 4 heteroatoms. The third kappa shape index (κ3) is 2.69. The molecule has 3 rings (SSSR count). The van der Waals surface area contributed by atoms with E-state index in [0.29, 0.717) is 0 Å². The minimum absolute atomic E-state index is 0.768. The second-order valence-electron chi connectivity index (χ2n) is 4.85. The molecule has 0 spiro atoms. The summed E-state index contributed by atoms with van der Waals surface area (Å²) in [4.78, 5) is 4.69. The summed E-state index contributed by atoms with van der Waals surface area (Å²) in [6.07, 6.45) is 3.11. The molecule has 0 atom stereocenters. The summed E-state index contributed by atoms with van der Waals surface area (Å²) in [5.74, 6) is 1.13. The van der Waals surface area contributed by atoms with Crippen molar-refractivity contribution in [1.29, 1.82) is 0 Å². The first-order chi connectivity index (χ1) is 9.36. The topological polar surface area (TPSA) is 39.1 Å². The predicted octanol–water partition coefficient (Wildman–Crippen LogP) is 1.84. The van der Waals surface area contributed by atoms with Crippen molar-refractivity contribution in [2.75, 3.05) is 20.3 Å². The molecule has 0 saturated carbocycles. The number of hydrogen-bond donors (Lipinski definition) is 1. The second-order valence-corrected chi connectivity index (χ2v) is 4.85. The Balaban J connectivity index is 1.79. The highest BCUT2D eigenvalue weighted by Gasteiger charge is 2.12. The van der Waals surface area contributed by atoms with Gasteiger partial charge in [-0.1, -0.05) is 24.3 Å². The van der Waals surface area contributed by atoms with Crippen molar-refractivity contribution in [3.8, 4) is 11.3 Å². The Morgan fingerprint density at radius 1 is 1.32 bits per heavy atom. The van der Waals surface area contributed by atoms with E-state index in [2.05, 4.69) is 45.3 Å². The average molecular weight is 257 g/mol. The SMILES string of the molecule is COCCc1ccc(-c2cn3c(n2)CNCC3)cc1. The minimum atomic E-state index is 0.768. The Hall–Kier alpha value is -1.65. The predicted molar refractivity (Wildman–Crippen MR) is 74.9 cm³/mol. The van der Waals surface area contributed by atoms with E-state index in [-0.39, 0.29) is 0 Å². The largest absolute Gasteiger partial charge is 0.384 e. The van der Waals surface area contributed by atoms with E-state index >= 15 is 0 Å². The summed E-state index contributed by atoms with van der Waals surface area (Å²) < 4.78 is 7.33. The van der Waals surface area contributed by atoms with Crippen LogP contribution in [0.5, 0.6) is 0 Å². The van der Waals surface area contributed by atoms with E-state index in [1.54, 1.807) is 7.11 Å². The molecule has 2 aromatic rings. The van der Waals surface area contributed by atoms with Crippen LogP contribution in [-0.4, -0.2) is 29.8 Å². The fourth-order valence-electron chi connectivity index (χ4n) is 2.39. The number of aromatic nitrogens is 2. The van der Waals surface area contributed by atoms with Gasteiger partial charge in [0, 0.05) is 32.0 Å². The van der Waals surface area contributed by atoms with Crippen LogP contribution >= 0.6 is 0 Å². The smallest absolute Gasteiger partial charge is 0.123 e. The molecule has 0 fully saturated rings. The highest BCUT2D eigenvalue weighted by molar-refractivity contribution is 5.59.